The number of nitrogens with one attached hydrogen (secondary N) is 1. The van der Waals surface area contributed by atoms with Crippen LogP contribution in [0.4, 0.5) is 5.69 Å². The van der Waals surface area contributed by atoms with Crippen LogP contribution in [0.15, 0.2) is 36.4 Å². The van der Waals surface area contributed by atoms with Crippen molar-refractivity contribution in [2.45, 2.75) is 113 Å². The number of rotatable bonds is 9. The lowest BCUT2D eigenvalue weighted by Gasteiger charge is -2.25. The van der Waals surface area contributed by atoms with Gasteiger partial charge in [-0.3, -0.25) is 14.4 Å². The van der Waals surface area contributed by atoms with E-state index in [0.717, 1.165) is 43.3 Å². The maximum atomic E-state index is 11.3. The molecule has 40 heavy (non-hydrogen) atoms. The molecule has 0 radical (unpaired) electrons. The SMILES string of the molecule is C.CCC(C)N(C=O)c1cc(-c2ccccc2)sc1C.CCCC1CCC(C)CC1.CCCNC(C)=O.O=CO. The van der Waals surface area contributed by atoms with E-state index in [1.54, 1.807) is 11.3 Å². The molecule has 0 aliphatic heterocycles. The molecule has 2 N–H and O–H groups in total. The summed E-state index contributed by atoms with van der Waals surface area (Å²) in [6, 6.07) is 12.6. The van der Waals surface area contributed by atoms with Crippen LogP contribution >= 0.6 is 11.3 Å². The van der Waals surface area contributed by atoms with Crippen molar-refractivity contribution in [3.63, 3.8) is 0 Å². The molecule has 1 aromatic heterocycles. The molecule has 1 aliphatic rings. The minimum atomic E-state index is -0.250. The summed E-state index contributed by atoms with van der Waals surface area (Å²) in [5.74, 6) is 2.16. The standard InChI is InChI=1S/C16H19NOS.C10H20.C5H11NO.CH2O2.CH4/c1-4-12(2)17(11-18)15-10-16(19-13(15)3)14-8-6-5-7-9-14;1-3-4-10-7-5-9(2)6-8-10;1-3-4-6-5(2)7;2-1-3;/h5-12H,4H2,1-3H3;9-10H,3-8H2,1-2H3;3-4H2,1-2H3,(H,6,7);1H,(H,2,3);1H4. The van der Waals surface area contributed by atoms with E-state index in [9.17, 15) is 9.59 Å². The molecule has 3 rings (SSSR count). The Morgan fingerprint density at radius 2 is 1.68 bits per heavy atom. The number of thiophene rings is 1. The van der Waals surface area contributed by atoms with E-state index in [2.05, 4.69) is 58.1 Å². The summed E-state index contributed by atoms with van der Waals surface area (Å²) in [7, 11) is 0. The van der Waals surface area contributed by atoms with E-state index in [4.69, 9.17) is 9.90 Å². The fraction of sp³-hybridized carbons (Fsp3) is 0.606. The van der Waals surface area contributed by atoms with Crippen molar-refractivity contribution in [1.82, 2.24) is 5.32 Å². The Morgan fingerprint density at radius 1 is 1.10 bits per heavy atom. The van der Waals surface area contributed by atoms with Gasteiger partial charge in [0.2, 0.25) is 12.3 Å². The van der Waals surface area contributed by atoms with Crippen LogP contribution in [0.5, 0.6) is 0 Å². The average molecular weight is 577 g/mol. The number of carbonyl (C=O) groups excluding carboxylic acids is 2. The van der Waals surface area contributed by atoms with Crippen molar-refractivity contribution >= 4 is 35.8 Å². The molecule has 0 bridgehead atoms. The second-order valence-electron chi connectivity index (χ2n) is 10.2. The summed E-state index contributed by atoms with van der Waals surface area (Å²) in [5, 5.41) is 9.55. The highest BCUT2D eigenvalue weighted by atomic mass is 32.1. The smallest absolute Gasteiger partial charge is 0.290 e. The molecule has 0 spiro atoms. The molecule has 6 nitrogen and oxygen atoms in total. The number of hydrogen-bond donors (Lipinski definition) is 2. The topological polar surface area (TPSA) is 86.7 Å². The molecule has 1 heterocycles. The number of aryl methyl sites for hydroxylation is 1. The quantitative estimate of drug-likeness (QED) is 0.292. The van der Waals surface area contributed by atoms with Gasteiger partial charge in [0.05, 0.1) is 5.69 Å². The normalized spacial score (nSPS) is 16.1. The number of carboxylic acid groups (broad SMARTS) is 1. The first-order valence-electron chi connectivity index (χ1n) is 14.4. The Kier molecular flexibility index (Phi) is 23.8. The van der Waals surface area contributed by atoms with Crippen molar-refractivity contribution in [1.29, 1.82) is 0 Å². The monoisotopic (exact) mass is 576 g/mol. The average Bonchev–Trinajstić information content (AvgIpc) is 3.32. The van der Waals surface area contributed by atoms with Crippen molar-refractivity contribution < 1.29 is 19.5 Å². The highest BCUT2D eigenvalue weighted by molar-refractivity contribution is 7.16. The predicted molar refractivity (Wildman–Crippen MR) is 173 cm³/mol. The van der Waals surface area contributed by atoms with Crippen LogP contribution in [0.25, 0.3) is 10.4 Å². The number of amides is 2. The Balaban J connectivity index is 0. The molecule has 7 heteroatoms. The number of benzene rings is 1. The highest BCUT2D eigenvalue weighted by Gasteiger charge is 2.18. The van der Waals surface area contributed by atoms with E-state index in [0.29, 0.717) is 0 Å². The fourth-order valence-corrected chi connectivity index (χ4v) is 5.42. The molecule has 2 amide bonds. The van der Waals surface area contributed by atoms with Gasteiger partial charge in [0.15, 0.2) is 0 Å². The second kappa shape index (κ2) is 24.2. The lowest BCUT2D eigenvalue weighted by Crippen LogP contribution is -2.31. The second-order valence-corrected chi connectivity index (χ2v) is 11.4. The number of carbonyl (C=O) groups is 3. The zero-order chi connectivity index (χ0) is 29.6. The lowest BCUT2D eigenvalue weighted by molar-refractivity contribution is -0.123. The van der Waals surface area contributed by atoms with E-state index in [-0.39, 0.29) is 25.8 Å². The summed E-state index contributed by atoms with van der Waals surface area (Å²) >= 11 is 1.74. The number of nitrogens with zero attached hydrogens (tertiary/aromatic N) is 1. The van der Waals surface area contributed by atoms with Crippen molar-refractivity contribution in [2.24, 2.45) is 11.8 Å². The lowest BCUT2D eigenvalue weighted by atomic mass is 9.81. The van der Waals surface area contributed by atoms with Crippen LogP contribution in [0.1, 0.15) is 105 Å². The van der Waals surface area contributed by atoms with E-state index in [1.807, 2.05) is 30.0 Å². The zero-order valence-corrected chi connectivity index (χ0v) is 26.1. The van der Waals surface area contributed by atoms with E-state index in [1.165, 1.54) is 60.8 Å². The third kappa shape index (κ3) is 16.4. The van der Waals surface area contributed by atoms with Crippen LogP contribution in [0.3, 0.4) is 0 Å². The van der Waals surface area contributed by atoms with Gasteiger partial charge < -0.3 is 15.3 Å². The Hall–Kier alpha value is -2.67. The fourth-order valence-electron chi connectivity index (χ4n) is 4.40. The highest BCUT2D eigenvalue weighted by Crippen LogP contribution is 2.36. The van der Waals surface area contributed by atoms with Gasteiger partial charge in [-0.1, -0.05) is 104 Å². The molecule has 1 atom stereocenters. The molecule has 1 unspecified atom stereocenters. The summed E-state index contributed by atoms with van der Waals surface area (Å²) < 4.78 is 0. The van der Waals surface area contributed by atoms with Crippen molar-refractivity contribution in [3.8, 4) is 10.4 Å². The van der Waals surface area contributed by atoms with Gasteiger partial charge >= 0.3 is 0 Å². The minimum Gasteiger partial charge on any atom is -0.483 e. The summed E-state index contributed by atoms with van der Waals surface area (Å²) in [6.07, 6.45) is 11.8. The molecule has 2 aromatic rings. The zero-order valence-electron chi connectivity index (χ0n) is 25.2. The van der Waals surface area contributed by atoms with E-state index >= 15 is 0 Å². The van der Waals surface area contributed by atoms with Crippen LogP contribution < -0.4 is 10.2 Å². The first-order chi connectivity index (χ1) is 18.7. The van der Waals surface area contributed by atoms with Gasteiger partial charge in [-0.15, -0.1) is 11.3 Å². The number of hydrogen-bond acceptors (Lipinski definition) is 4. The van der Waals surface area contributed by atoms with Gasteiger partial charge in [-0.2, -0.15) is 0 Å². The first kappa shape index (κ1) is 39.5. The third-order valence-electron chi connectivity index (χ3n) is 6.86. The van der Waals surface area contributed by atoms with Gasteiger partial charge in [-0.25, -0.2) is 0 Å². The Labute approximate surface area is 248 Å². The van der Waals surface area contributed by atoms with Crippen LogP contribution in [-0.2, 0) is 14.4 Å². The van der Waals surface area contributed by atoms with Gasteiger partial charge in [0.1, 0.15) is 0 Å². The molecular formula is C33H56N2O4S. The van der Waals surface area contributed by atoms with Crippen LogP contribution in [0.2, 0.25) is 0 Å². The Bertz CT molecular complexity index is 908. The van der Waals surface area contributed by atoms with Crippen LogP contribution in [0, 0.1) is 18.8 Å². The molecule has 228 valence electrons. The Morgan fingerprint density at radius 3 is 2.10 bits per heavy atom. The van der Waals surface area contributed by atoms with Crippen molar-refractivity contribution in [2.75, 3.05) is 11.4 Å². The summed E-state index contributed by atoms with van der Waals surface area (Å²) in [6.45, 7) is 15.0. The molecule has 1 saturated carbocycles. The first-order valence-corrected chi connectivity index (χ1v) is 15.2. The maximum Gasteiger partial charge on any atom is 0.290 e. The van der Waals surface area contributed by atoms with Gasteiger partial charge in [0.25, 0.3) is 6.47 Å². The number of anilines is 1. The molecule has 1 aromatic carbocycles. The van der Waals surface area contributed by atoms with Crippen LogP contribution in [-0.4, -0.2) is 36.5 Å². The molecule has 1 fully saturated rings. The minimum absolute atomic E-state index is 0. The predicted octanol–water partition coefficient (Wildman–Crippen LogP) is 8.97. The van der Waals surface area contributed by atoms with Gasteiger partial charge in [-0.05, 0) is 50.2 Å². The van der Waals surface area contributed by atoms with Crippen molar-refractivity contribution in [3.05, 3.63) is 41.3 Å². The summed E-state index contributed by atoms with van der Waals surface area (Å²) in [4.78, 5) is 34.0. The largest absolute Gasteiger partial charge is 0.483 e. The molecule has 0 saturated heterocycles. The maximum absolute atomic E-state index is 11.3. The molecule has 1 aliphatic carbocycles. The summed E-state index contributed by atoms with van der Waals surface area (Å²) in [5.41, 5.74) is 2.24. The van der Waals surface area contributed by atoms with Gasteiger partial charge in [0, 0.05) is 29.3 Å². The molecular weight excluding hydrogens is 520 g/mol. The third-order valence-corrected chi connectivity index (χ3v) is 7.95. The van der Waals surface area contributed by atoms with E-state index < -0.39 is 0 Å².